The van der Waals surface area contributed by atoms with Crippen molar-refractivity contribution in [1.82, 2.24) is 0 Å². The number of nitrogens with one attached hydrogen (secondary N) is 1. The van der Waals surface area contributed by atoms with Crippen LogP contribution in [0.1, 0.15) is 17.5 Å². The highest BCUT2D eigenvalue weighted by molar-refractivity contribution is 7.99. The lowest BCUT2D eigenvalue weighted by molar-refractivity contribution is -0.146. The molecule has 2 rings (SSSR count). The molecule has 1 amide bonds. The minimum absolute atomic E-state index is 0.220. The van der Waals surface area contributed by atoms with E-state index in [1.54, 1.807) is 30.0 Å². The van der Waals surface area contributed by atoms with Gasteiger partial charge in [-0.15, -0.1) is 11.8 Å². The van der Waals surface area contributed by atoms with Crippen LogP contribution in [0.25, 0.3) is 0 Å². The molecule has 2 aromatic carbocycles. The van der Waals surface area contributed by atoms with E-state index in [1.807, 2.05) is 6.07 Å². The topological polar surface area (TPSA) is 55.4 Å². The maximum absolute atomic E-state index is 11.9. The Morgan fingerprint density at radius 3 is 2.42 bits per heavy atom. The maximum atomic E-state index is 11.9. The lowest BCUT2D eigenvalue weighted by Crippen LogP contribution is -2.21. The van der Waals surface area contributed by atoms with Gasteiger partial charge in [-0.25, -0.2) is 0 Å². The van der Waals surface area contributed by atoms with E-state index in [2.05, 4.69) is 31.3 Å². The van der Waals surface area contributed by atoms with Gasteiger partial charge in [0.05, 0.1) is 22.2 Å². The normalized spacial score (nSPS) is 10.5. The minimum Gasteiger partial charge on any atom is -0.456 e. The highest BCUT2D eigenvalue weighted by Crippen LogP contribution is 2.29. The zero-order chi connectivity index (χ0) is 19.1. The average molecular weight is 412 g/mol. The summed E-state index contributed by atoms with van der Waals surface area (Å²) in [4.78, 5) is 24.8. The molecule has 0 aliphatic heterocycles. The molecule has 1 N–H and O–H groups in total. The number of rotatable bonds is 7. The largest absolute Gasteiger partial charge is 0.456 e. The molecule has 0 saturated carbocycles. The highest BCUT2D eigenvalue weighted by Gasteiger charge is 2.12. The van der Waals surface area contributed by atoms with Gasteiger partial charge in [0.1, 0.15) is 0 Å². The number of halogens is 2. The van der Waals surface area contributed by atoms with Crippen LogP contribution >= 0.6 is 35.0 Å². The number of benzene rings is 2. The van der Waals surface area contributed by atoms with Crippen LogP contribution in [0.2, 0.25) is 10.0 Å². The molecule has 0 aliphatic carbocycles. The lowest BCUT2D eigenvalue weighted by atomic mass is 10.1. The second-order valence-electron chi connectivity index (χ2n) is 5.65. The number of thioether (sulfide) groups is 1. The summed E-state index contributed by atoms with van der Waals surface area (Å²) in [7, 11) is 0. The molecule has 0 aromatic heterocycles. The first-order valence-corrected chi connectivity index (χ1v) is 9.70. The zero-order valence-corrected chi connectivity index (χ0v) is 16.8. The standard InChI is InChI=1S/C19H19Cl2NO3S/c1-12-6-7-14(10-13(12)2)26-9-8-18(24)25-11-17(23)22-19-15(20)4-3-5-16(19)21/h3-7,10H,8-9,11H2,1-2H3,(H,22,23). The van der Waals surface area contributed by atoms with Crippen molar-refractivity contribution in [2.45, 2.75) is 25.2 Å². The zero-order valence-electron chi connectivity index (χ0n) is 14.5. The SMILES string of the molecule is Cc1ccc(SCCC(=O)OCC(=O)Nc2c(Cl)cccc2Cl)cc1C. The number of para-hydroxylation sites is 1. The molecular formula is C19H19Cl2NO3S. The van der Waals surface area contributed by atoms with E-state index in [9.17, 15) is 9.59 Å². The summed E-state index contributed by atoms with van der Waals surface area (Å²) in [5.74, 6) is -0.337. The van der Waals surface area contributed by atoms with Crippen LogP contribution in [0.5, 0.6) is 0 Å². The number of amides is 1. The molecule has 0 heterocycles. The first kappa shape index (κ1) is 20.6. The van der Waals surface area contributed by atoms with Crippen molar-refractivity contribution in [3.63, 3.8) is 0 Å². The average Bonchev–Trinajstić information content (AvgIpc) is 2.59. The number of hydrogen-bond acceptors (Lipinski definition) is 4. The van der Waals surface area contributed by atoms with Crippen LogP contribution in [0.4, 0.5) is 5.69 Å². The molecule has 0 fully saturated rings. The van der Waals surface area contributed by atoms with E-state index >= 15 is 0 Å². The summed E-state index contributed by atoms with van der Waals surface area (Å²) in [6, 6.07) is 11.1. The summed E-state index contributed by atoms with van der Waals surface area (Å²) in [6.45, 7) is 3.73. The number of esters is 1. The second kappa shape index (κ2) is 9.86. The Labute approximate surface area is 167 Å². The molecule has 0 unspecified atom stereocenters. The number of carbonyl (C=O) groups excluding carboxylic acids is 2. The molecular weight excluding hydrogens is 393 g/mol. The maximum Gasteiger partial charge on any atom is 0.307 e. The van der Waals surface area contributed by atoms with Crippen molar-refractivity contribution in [3.05, 3.63) is 57.6 Å². The van der Waals surface area contributed by atoms with E-state index < -0.39 is 11.9 Å². The van der Waals surface area contributed by atoms with Gasteiger partial charge in [-0.2, -0.15) is 0 Å². The van der Waals surface area contributed by atoms with Crippen LogP contribution in [-0.2, 0) is 14.3 Å². The monoisotopic (exact) mass is 411 g/mol. The lowest BCUT2D eigenvalue weighted by Gasteiger charge is -2.09. The van der Waals surface area contributed by atoms with Gasteiger partial charge in [0.25, 0.3) is 5.91 Å². The summed E-state index contributed by atoms with van der Waals surface area (Å²) in [5, 5.41) is 3.18. The number of aryl methyl sites for hydroxylation is 2. The van der Waals surface area contributed by atoms with E-state index in [4.69, 9.17) is 27.9 Å². The van der Waals surface area contributed by atoms with Gasteiger partial charge in [-0.3, -0.25) is 9.59 Å². The molecule has 4 nitrogen and oxygen atoms in total. The van der Waals surface area contributed by atoms with Crippen LogP contribution in [-0.4, -0.2) is 24.2 Å². The molecule has 26 heavy (non-hydrogen) atoms. The van der Waals surface area contributed by atoms with E-state index in [1.165, 1.54) is 11.1 Å². The third-order valence-corrected chi connectivity index (χ3v) is 5.27. The molecule has 0 spiro atoms. The quantitative estimate of drug-likeness (QED) is 0.497. The van der Waals surface area contributed by atoms with Crippen molar-refractivity contribution in [1.29, 1.82) is 0 Å². The minimum atomic E-state index is -0.491. The third kappa shape index (κ3) is 6.24. The summed E-state index contributed by atoms with van der Waals surface area (Å²) < 4.78 is 4.99. The van der Waals surface area contributed by atoms with Gasteiger partial charge in [0.2, 0.25) is 0 Å². The van der Waals surface area contributed by atoms with E-state index in [-0.39, 0.29) is 13.0 Å². The van der Waals surface area contributed by atoms with Crippen molar-refractivity contribution in [2.75, 3.05) is 17.7 Å². The van der Waals surface area contributed by atoms with Crippen molar-refractivity contribution < 1.29 is 14.3 Å². The van der Waals surface area contributed by atoms with Crippen LogP contribution < -0.4 is 5.32 Å². The Hall–Kier alpha value is -1.69. The second-order valence-corrected chi connectivity index (χ2v) is 7.63. The van der Waals surface area contributed by atoms with E-state index in [0.717, 1.165) is 4.90 Å². The van der Waals surface area contributed by atoms with Crippen molar-refractivity contribution >= 4 is 52.5 Å². The summed E-state index contributed by atoms with van der Waals surface area (Å²) in [6.07, 6.45) is 0.220. The Morgan fingerprint density at radius 1 is 1.08 bits per heavy atom. The number of anilines is 1. The smallest absolute Gasteiger partial charge is 0.307 e. The van der Waals surface area contributed by atoms with Crippen molar-refractivity contribution in [2.24, 2.45) is 0 Å². The fourth-order valence-electron chi connectivity index (χ4n) is 2.07. The number of hydrogen-bond donors (Lipinski definition) is 1. The first-order valence-electron chi connectivity index (χ1n) is 7.96. The molecule has 2 aromatic rings. The van der Waals surface area contributed by atoms with Gasteiger partial charge in [-0.05, 0) is 49.2 Å². The Bertz CT molecular complexity index is 791. The Kier molecular flexibility index (Phi) is 7.82. The van der Waals surface area contributed by atoms with Crippen LogP contribution in [0, 0.1) is 13.8 Å². The van der Waals surface area contributed by atoms with Gasteiger partial charge < -0.3 is 10.1 Å². The first-order chi connectivity index (χ1) is 12.4. The highest BCUT2D eigenvalue weighted by atomic mass is 35.5. The molecule has 0 aliphatic rings. The van der Waals surface area contributed by atoms with E-state index in [0.29, 0.717) is 21.5 Å². The van der Waals surface area contributed by atoms with Gasteiger partial charge in [-0.1, -0.05) is 35.3 Å². The van der Waals surface area contributed by atoms with Crippen LogP contribution in [0.3, 0.4) is 0 Å². The fourth-order valence-corrected chi connectivity index (χ4v) is 3.49. The number of ether oxygens (including phenoxy) is 1. The molecule has 0 saturated heterocycles. The van der Waals surface area contributed by atoms with Gasteiger partial charge in [0, 0.05) is 10.6 Å². The molecule has 7 heteroatoms. The Morgan fingerprint density at radius 2 is 1.77 bits per heavy atom. The molecule has 0 atom stereocenters. The van der Waals surface area contributed by atoms with Gasteiger partial charge in [0.15, 0.2) is 6.61 Å². The molecule has 0 radical (unpaired) electrons. The van der Waals surface area contributed by atoms with Gasteiger partial charge >= 0.3 is 5.97 Å². The number of carbonyl (C=O) groups is 2. The summed E-state index contributed by atoms with van der Waals surface area (Å²) in [5.41, 5.74) is 2.76. The molecule has 138 valence electrons. The summed E-state index contributed by atoms with van der Waals surface area (Å²) >= 11 is 13.5. The predicted molar refractivity (Wildman–Crippen MR) is 107 cm³/mol. The van der Waals surface area contributed by atoms with Crippen molar-refractivity contribution in [3.8, 4) is 0 Å². The fraction of sp³-hybridized carbons (Fsp3) is 0.263. The Balaban J connectivity index is 1.72. The predicted octanol–water partition coefficient (Wildman–Crippen LogP) is 5.27. The third-order valence-electron chi connectivity index (χ3n) is 3.64. The molecule has 0 bridgehead atoms. The van der Waals surface area contributed by atoms with Crippen LogP contribution in [0.15, 0.2) is 41.3 Å².